The summed E-state index contributed by atoms with van der Waals surface area (Å²) in [4.78, 5) is 0. The third kappa shape index (κ3) is 4.71. The SMILES string of the molecule is CC[C@@H](NC(=S)Nc1ccc(Br)cc1)c1ccc(OC)cc1. The smallest absolute Gasteiger partial charge is 0.171 e. The molecular weight excluding hydrogens is 360 g/mol. The number of halogens is 1. The summed E-state index contributed by atoms with van der Waals surface area (Å²) in [7, 11) is 1.67. The maximum atomic E-state index is 5.40. The van der Waals surface area contributed by atoms with Gasteiger partial charge in [0.2, 0.25) is 0 Å². The van der Waals surface area contributed by atoms with Crippen LogP contribution in [0, 0.1) is 0 Å². The minimum atomic E-state index is 0.168. The monoisotopic (exact) mass is 378 g/mol. The van der Waals surface area contributed by atoms with Crippen LogP contribution >= 0.6 is 28.1 Å². The largest absolute Gasteiger partial charge is 0.497 e. The molecule has 0 saturated carbocycles. The van der Waals surface area contributed by atoms with Crippen molar-refractivity contribution in [1.29, 1.82) is 0 Å². The van der Waals surface area contributed by atoms with Crippen molar-refractivity contribution in [2.24, 2.45) is 0 Å². The van der Waals surface area contributed by atoms with Gasteiger partial charge in [0.25, 0.3) is 0 Å². The quantitative estimate of drug-likeness (QED) is 0.725. The summed E-state index contributed by atoms with van der Waals surface area (Å²) < 4.78 is 6.23. The summed E-state index contributed by atoms with van der Waals surface area (Å²) >= 11 is 8.82. The van der Waals surface area contributed by atoms with Gasteiger partial charge in [-0.25, -0.2) is 0 Å². The van der Waals surface area contributed by atoms with Gasteiger partial charge in [0.1, 0.15) is 5.75 Å². The number of thiocarbonyl (C=S) groups is 1. The van der Waals surface area contributed by atoms with E-state index in [4.69, 9.17) is 17.0 Å². The lowest BCUT2D eigenvalue weighted by Crippen LogP contribution is -2.32. The highest BCUT2D eigenvalue weighted by molar-refractivity contribution is 9.10. The van der Waals surface area contributed by atoms with Crippen LogP contribution in [0.15, 0.2) is 53.0 Å². The van der Waals surface area contributed by atoms with Crippen molar-refractivity contribution in [3.05, 3.63) is 58.6 Å². The highest BCUT2D eigenvalue weighted by Gasteiger charge is 2.10. The van der Waals surface area contributed by atoms with Crippen LogP contribution < -0.4 is 15.4 Å². The second-order valence-electron chi connectivity index (χ2n) is 4.84. The van der Waals surface area contributed by atoms with E-state index in [1.54, 1.807) is 7.11 Å². The second kappa shape index (κ2) is 8.15. The Morgan fingerprint density at radius 1 is 1.14 bits per heavy atom. The second-order valence-corrected chi connectivity index (χ2v) is 6.16. The van der Waals surface area contributed by atoms with E-state index in [0.717, 1.165) is 22.3 Å². The topological polar surface area (TPSA) is 33.3 Å². The Bertz CT molecular complexity index is 614. The van der Waals surface area contributed by atoms with Crippen molar-refractivity contribution in [3.8, 4) is 5.75 Å². The van der Waals surface area contributed by atoms with Gasteiger partial charge in [0, 0.05) is 10.2 Å². The first-order chi connectivity index (χ1) is 10.6. The Morgan fingerprint density at radius 2 is 1.77 bits per heavy atom. The van der Waals surface area contributed by atoms with Gasteiger partial charge in [-0.05, 0) is 60.6 Å². The van der Waals surface area contributed by atoms with Gasteiger partial charge in [-0.3, -0.25) is 0 Å². The molecule has 2 aromatic carbocycles. The number of hydrogen-bond acceptors (Lipinski definition) is 2. The molecule has 0 aliphatic heterocycles. The van der Waals surface area contributed by atoms with Gasteiger partial charge < -0.3 is 15.4 Å². The summed E-state index contributed by atoms with van der Waals surface area (Å²) in [6, 6.07) is 16.1. The van der Waals surface area contributed by atoms with E-state index in [2.05, 4.69) is 45.6 Å². The molecule has 0 aliphatic carbocycles. The van der Waals surface area contributed by atoms with E-state index in [0.29, 0.717) is 5.11 Å². The standard InChI is InChI=1S/C17H19BrN2OS/c1-3-16(12-4-10-15(21-2)11-5-12)20-17(22)19-14-8-6-13(18)7-9-14/h4-11,16H,3H2,1-2H3,(H2,19,20,22)/t16-/m1/s1. The molecule has 0 fully saturated rings. The van der Waals surface area contributed by atoms with Crippen LogP contribution in [0.25, 0.3) is 0 Å². The highest BCUT2D eigenvalue weighted by atomic mass is 79.9. The third-order valence-electron chi connectivity index (χ3n) is 3.33. The zero-order chi connectivity index (χ0) is 15.9. The molecule has 0 unspecified atom stereocenters. The lowest BCUT2D eigenvalue weighted by Gasteiger charge is -2.20. The molecule has 5 heteroatoms. The van der Waals surface area contributed by atoms with E-state index < -0.39 is 0 Å². The third-order valence-corrected chi connectivity index (χ3v) is 4.08. The molecule has 0 bridgehead atoms. The first kappa shape index (κ1) is 16.8. The number of hydrogen-bond donors (Lipinski definition) is 2. The predicted octanol–water partition coefficient (Wildman–Crippen LogP) is 4.90. The number of nitrogens with one attached hydrogen (secondary N) is 2. The van der Waals surface area contributed by atoms with Gasteiger partial charge in [-0.1, -0.05) is 35.0 Å². The molecule has 0 aromatic heterocycles. The molecule has 0 saturated heterocycles. The summed E-state index contributed by atoms with van der Waals surface area (Å²) in [6.45, 7) is 2.13. The van der Waals surface area contributed by atoms with Crippen molar-refractivity contribution in [2.75, 3.05) is 12.4 Å². The zero-order valence-electron chi connectivity index (χ0n) is 12.6. The average molecular weight is 379 g/mol. The van der Waals surface area contributed by atoms with Gasteiger partial charge in [0.05, 0.1) is 13.2 Å². The molecule has 3 nitrogen and oxygen atoms in total. The van der Waals surface area contributed by atoms with Crippen LogP contribution in [-0.2, 0) is 0 Å². The molecule has 0 spiro atoms. The summed E-state index contributed by atoms with van der Waals surface area (Å²) in [5.74, 6) is 0.856. The Morgan fingerprint density at radius 3 is 2.32 bits per heavy atom. The molecule has 2 N–H and O–H groups in total. The van der Waals surface area contributed by atoms with E-state index in [1.807, 2.05) is 36.4 Å². The van der Waals surface area contributed by atoms with Gasteiger partial charge in [-0.15, -0.1) is 0 Å². The number of rotatable bonds is 5. The normalized spacial score (nSPS) is 11.6. The maximum absolute atomic E-state index is 5.40. The zero-order valence-corrected chi connectivity index (χ0v) is 15.0. The summed E-state index contributed by atoms with van der Waals surface area (Å²) in [5.41, 5.74) is 2.15. The van der Waals surface area contributed by atoms with Crippen molar-refractivity contribution < 1.29 is 4.74 Å². The van der Waals surface area contributed by atoms with Crippen molar-refractivity contribution >= 4 is 38.9 Å². The fourth-order valence-electron chi connectivity index (χ4n) is 2.12. The Hall–Kier alpha value is -1.59. The van der Waals surface area contributed by atoms with Crippen molar-refractivity contribution in [3.63, 3.8) is 0 Å². The van der Waals surface area contributed by atoms with E-state index in [9.17, 15) is 0 Å². The molecule has 2 aromatic rings. The van der Waals surface area contributed by atoms with Crippen LogP contribution in [0.4, 0.5) is 5.69 Å². The van der Waals surface area contributed by atoms with E-state index in [1.165, 1.54) is 5.56 Å². The Kier molecular flexibility index (Phi) is 6.21. The number of ether oxygens (including phenoxy) is 1. The molecule has 22 heavy (non-hydrogen) atoms. The number of benzene rings is 2. The van der Waals surface area contributed by atoms with Crippen molar-refractivity contribution in [2.45, 2.75) is 19.4 Å². The Labute approximate surface area is 145 Å². The summed E-state index contributed by atoms with van der Waals surface area (Å²) in [5, 5.41) is 7.17. The molecule has 0 radical (unpaired) electrons. The van der Waals surface area contributed by atoms with Gasteiger partial charge >= 0.3 is 0 Å². The highest BCUT2D eigenvalue weighted by Crippen LogP contribution is 2.20. The Balaban J connectivity index is 1.99. The molecule has 0 amide bonds. The molecule has 0 aliphatic rings. The van der Waals surface area contributed by atoms with Gasteiger partial charge in [0.15, 0.2) is 5.11 Å². The van der Waals surface area contributed by atoms with Crippen molar-refractivity contribution in [1.82, 2.24) is 5.32 Å². The maximum Gasteiger partial charge on any atom is 0.171 e. The fraction of sp³-hybridized carbons (Fsp3) is 0.235. The van der Waals surface area contributed by atoms with E-state index in [-0.39, 0.29) is 6.04 Å². The summed E-state index contributed by atoms with van der Waals surface area (Å²) in [6.07, 6.45) is 0.939. The molecule has 0 heterocycles. The molecule has 2 rings (SSSR count). The molecule has 116 valence electrons. The molecule has 1 atom stereocenters. The van der Waals surface area contributed by atoms with Crippen LogP contribution in [0.2, 0.25) is 0 Å². The fourth-order valence-corrected chi connectivity index (χ4v) is 2.64. The first-order valence-electron chi connectivity index (χ1n) is 7.09. The van der Waals surface area contributed by atoms with Crippen LogP contribution in [-0.4, -0.2) is 12.2 Å². The van der Waals surface area contributed by atoms with Crippen LogP contribution in [0.1, 0.15) is 24.9 Å². The number of methoxy groups -OCH3 is 1. The minimum Gasteiger partial charge on any atom is -0.497 e. The van der Waals surface area contributed by atoms with Crippen LogP contribution in [0.3, 0.4) is 0 Å². The van der Waals surface area contributed by atoms with E-state index >= 15 is 0 Å². The first-order valence-corrected chi connectivity index (χ1v) is 8.29. The lowest BCUT2D eigenvalue weighted by molar-refractivity contribution is 0.414. The lowest BCUT2D eigenvalue weighted by atomic mass is 10.0. The molecular formula is C17H19BrN2OS. The average Bonchev–Trinajstić information content (AvgIpc) is 2.55. The van der Waals surface area contributed by atoms with Crippen LogP contribution in [0.5, 0.6) is 5.75 Å². The minimum absolute atomic E-state index is 0.168. The number of anilines is 1. The van der Waals surface area contributed by atoms with Gasteiger partial charge in [-0.2, -0.15) is 0 Å². The predicted molar refractivity (Wildman–Crippen MR) is 99.5 cm³/mol.